The molecule has 0 radical (unpaired) electrons. The Labute approximate surface area is 109 Å². The first-order valence-electron chi connectivity index (χ1n) is 5.17. The average molecular weight is 270 g/mol. The van der Waals surface area contributed by atoms with Crippen molar-refractivity contribution in [3.8, 4) is 0 Å². The van der Waals surface area contributed by atoms with Gasteiger partial charge in [0.25, 0.3) is 0 Å². The highest BCUT2D eigenvalue weighted by molar-refractivity contribution is 6.31. The quantitative estimate of drug-likeness (QED) is 0.622. The molecule has 18 heavy (non-hydrogen) atoms. The number of carbonyl (C=O) groups is 2. The Bertz CT molecular complexity index is 485. The number of carbonyl (C=O) groups excluding carboxylic acids is 2. The summed E-state index contributed by atoms with van der Waals surface area (Å²) >= 11 is 5.80. The molecule has 0 unspecified atom stereocenters. The molecule has 0 aliphatic heterocycles. The molecule has 0 amide bonds. The van der Waals surface area contributed by atoms with E-state index in [9.17, 15) is 9.59 Å². The SMILES string of the molecule is CCOC(=O)C=Nc1cc(Cl)ccc1C(=O)OC. The fraction of sp³-hybridized carbons (Fsp3) is 0.250. The highest BCUT2D eigenvalue weighted by Crippen LogP contribution is 2.24. The van der Waals surface area contributed by atoms with Crippen molar-refractivity contribution in [2.75, 3.05) is 13.7 Å². The predicted molar refractivity (Wildman–Crippen MR) is 67.6 cm³/mol. The van der Waals surface area contributed by atoms with Crippen molar-refractivity contribution in [2.24, 2.45) is 4.99 Å². The Morgan fingerprint density at radius 3 is 2.78 bits per heavy atom. The van der Waals surface area contributed by atoms with Gasteiger partial charge in [0, 0.05) is 5.02 Å². The van der Waals surface area contributed by atoms with E-state index in [-0.39, 0.29) is 17.9 Å². The number of rotatable bonds is 4. The minimum Gasteiger partial charge on any atom is -0.465 e. The molecule has 5 nitrogen and oxygen atoms in total. The molecule has 0 aromatic heterocycles. The van der Waals surface area contributed by atoms with Gasteiger partial charge in [-0.1, -0.05) is 11.6 Å². The van der Waals surface area contributed by atoms with Crippen LogP contribution >= 0.6 is 11.6 Å². The van der Waals surface area contributed by atoms with E-state index in [0.717, 1.165) is 6.21 Å². The van der Waals surface area contributed by atoms with Crippen LogP contribution in [0.5, 0.6) is 0 Å². The molecule has 0 atom stereocenters. The summed E-state index contributed by atoms with van der Waals surface area (Å²) in [6, 6.07) is 4.48. The van der Waals surface area contributed by atoms with Gasteiger partial charge < -0.3 is 9.47 Å². The fourth-order valence-electron chi connectivity index (χ4n) is 1.20. The van der Waals surface area contributed by atoms with Crippen LogP contribution in [0.4, 0.5) is 5.69 Å². The molecule has 0 saturated heterocycles. The lowest BCUT2D eigenvalue weighted by Crippen LogP contribution is -2.05. The molecule has 96 valence electrons. The van der Waals surface area contributed by atoms with E-state index < -0.39 is 11.9 Å². The number of aliphatic imine (C=N–C) groups is 1. The van der Waals surface area contributed by atoms with Crippen molar-refractivity contribution in [3.05, 3.63) is 28.8 Å². The normalized spacial score (nSPS) is 10.4. The monoisotopic (exact) mass is 269 g/mol. The maximum absolute atomic E-state index is 11.5. The molecule has 0 bridgehead atoms. The molecule has 6 heteroatoms. The van der Waals surface area contributed by atoms with Crippen molar-refractivity contribution in [3.63, 3.8) is 0 Å². The number of halogens is 1. The third-order valence-corrected chi connectivity index (χ3v) is 2.20. The highest BCUT2D eigenvalue weighted by atomic mass is 35.5. The average Bonchev–Trinajstić information content (AvgIpc) is 2.36. The zero-order valence-electron chi connectivity index (χ0n) is 9.97. The van der Waals surface area contributed by atoms with Gasteiger partial charge in [-0.3, -0.25) is 0 Å². The number of hydrogen-bond acceptors (Lipinski definition) is 5. The lowest BCUT2D eigenvalue weighted by atomic mass is 10.2. The standard InChI is InChI=1S/C12H12ClNO4/c1-3-18-11(15)7-14-10-6-8(13)4-5-9(10)12(16)17-2/h4-7H,3H2,1-2H3. The first-order valence-corrected chi connectivity index (χ1v) is 5.55. The van der Waals surface area contributed by atoms with Crippen molar-refractivity contribution < 1.29 is 19.1 Å². The summed E-state index contributed by atoms with van der Waals surface area (Å²) in [4.78, 5) is 26.5. The van der Waals surface area contributed by atoms with Crippen LogP contribution in [0.2, 0.25) is 5.02 Å². The van der Waals surface area contributed by atoms with Crippen LogP contribution < -0.4 is 0 Å². The summed E-state index contributed by atoms with van der Waals surface area (Å²) in [5, 5.41) is 0.402. The smallest absolute Gasteiger partial charge is 0.349 e. The van der Waals surface area contributed by atoms with E-state index in [4.69, 9.17) is 11.6 Å². The lowest BCUT2D eigenvalue weighted by molar-refractivity contribution is -0.134. The van der Waals surface area contributed by atoms with Gasteiger partial charge in [-0.2, -0.15) is 0 Å². The minimum atomic E-state index is -0.590. The summed E-state index contributed by atoms with van der Waals surface area (Å²) in [6.45, 7) is 1.94. The third kappa shape index (κ3) is 3.85. The van der Waals surface area contributed by atoms with Crippen LogP contribution in [0.15, 0.2) is 23.2 Å². The summed E-state index contributed by atoms with van der Waals surface area (Å²) in [5.74, 6) is -1.14. The highest BCUT2D eigenvalue weighted by Gasteiger charge is 2.11. The van der Waals surface area contributed by atoms with E-state index in [0.29, 0.717) is 5.02 Å². The molecular weight excluding hydrogens is 258 g/mol. The number of esters is 2. The summed E-state index contributed by atoms with van der Waals surface area (Å²) < 4.78 is 9.28. The van der Waals surface area contributed by atoms with Gasteiger partial charge >= 0.3 is 11.9 Å². The van der Waals surface area contributed by atoms with Crippen molar-refractivity contribution in [2.45, 2.75) is 6.92 Å². The number of ether oxygens (including phenoxy) is 2. The van der Waals surface area contributed by atoms with Gasteiger partial charge in [-0.25, -0.2) is 14.6 Å². The van der Waals surface area contributed by atoms with Crippen molar-refractivity contribution >= 4 is 35.4 Å². The van der Waals surface area contributed by atoms with Crippen LogP contribution in [0.3, 0.4) is 0 Å². The first-order chi connectivity index (χ1) is 8.58. The number of benzene rings is 1. The molecule has 0 aliphatic carbocycles. The maximum atomic E-state index is 11.5. The van der Waals surface area contributed by atoms with Crippen LogP contribution in [0.25, 0.3) is 0 Å². The minimum absolute atomic E-state index is 0.224. The van der Waals surface area contributed by atoms with E-state index in [1.54, 1.807) is 6.92 Å². The molecule has 1 aromatic rings. The van der Waals surface area contributed by atoms with Gasteiger partial charge in [0.1, 0.15) is 6.21 Å². The second-order valence-electron chi connectivity index (χ2n) is 3.16. The summed E-state index contributed by atoms with van der Waals surface area (Å²) in [5.41, 5.74) is 0.477. The van der Waals surface area contributed by atoms with Gasteiger partial charge in [0.15, 0.2) is 0 Å². The number of methoxy groups -OCH3 is 1. The summed E-state index contributed by atoms with van der Waals surface area (Å²) in [6.07, 6.45) is 0.988. The van der Waals surface area contributed by atoms with Gasteiger partial charge in [0.05, 0.1) is 25.0 Å². The van der Waals surface area contributed by atoms with Gasteiger partial charge in [-0.05, 0) is 25.1 Å². The fourth-order valence-corrected chi connectivity index (χ4v) is 1.36. The lowest BCUT2D eigenvalue weighted by Gasteiger charge is -2.03. The first kappa shape index (κ1) is 14.2. The second kappa shape index (κ2) is 6.76. The molecule has 0 saturated carbocycles. The molecule has 1 aromatic carbocycles. The molecule has 0 N–H and O–H groups in total. The zero-order chi connectivity index (χ0) is 13.5. The third-order valence-electron chi connectivity index (χ3n) is 1.96. The Morgan fingerprint density at radius 2 is 2.17 bits per heavy atom. The van der Waals surface area contributed by atoms with E-state index in [1.165, 1.54) is 25.3 Å². The molecule has 0 aliphatic rings. The van der Waals surface area contributed by atoms with Gasteiger partial charge in [-0.15, -0.1) is 0 Å². The maximum Gasteiger partial charge on any atom is 0.349 e. The Morgan fingerprint density at radius 1 is 1.44 bits per heavy atom. The topological polar surface area (TPSA) is 65.0 Å². The van der Waals surface area contributed by atoms with Crippen LogP contribution in [0, 0.1) is 0 Å². The Hall–Kier alpha value is -1.88. The number of hydrogen-bond donors (Lipinski definition) is 0. The van der Waals surface area contributed by atoms with Crippen LogP contribution in [0.1, 0.15) is 17.3 Å². The Kier molecular flexibility index (Phi) is 5.32. The molecule has 1 rings (SSSR count). The molecule has 0 spiro atoms. The van der Waals surface area contributed by atoms with E-state index in [2.05, 4.69) is 14.5 Å². The predicted octanol–water partition coefficient (Wildman–Crippen LogP) is 2.39. The molecule has 0 fully saturated rings. The van der Waals surface area contributed by atoms with Crippen LogP contribution in [-0.2, 0) is 14.3 Å². The summed E-state index contributed by atoms with van der Waals surface area (Å²) in [7, 11) is 1.26. The molecular formula is C12H12ClNO4. The zero-order valence-corrected chi connectivity index (χ0v) is 10.7. The van der Waals surface area contributed by atoms with Crippen LogP contribution in [-0.4, -0.2) is 31.9 Å². The van der Waals surface area contributed by atoms with E-state index >= 15 is 0 Å². The van der Waals surface area contributed by atoms with Gasteiger partial charge in [0.2, 0.25) is 0 Å². The Balaban J connectivity index is 3.02. The second-order valence-corrected chi connectivity index (χ2v) is 3.60. The van der Waals surface area contributed by atoms with E-state index in [1.807, 2.05) is 0 Å². The largest absolute Gasteiger partial charge is 0.465 e. The number of nitrogens with zero attached hydrogens (tertiary/aromatic N) is 1. The molecule has 0 heterocycles. The van der Waals surface area contributed by atoms with Crippen molar-refractivity contribution in [1.82, 2.24) is 0 Å². The van der Waals surface area contributed by atoms with Crippen molar-refractivity contribution in [1.29, 1.82) is 0 Å².